The molecule has 4 nitrogen and oxygen atoms in total. The van der Waals surface area contributed by atoms with E-state index < -0.39 is 24.2 Å². The number of aromatic nitrogens is 2. The summed E-state index contributed by atoms with van der Waals surface area (Å²) in [7, 11) is 1.42. The zero-order chi connectivity index (χ0) is 24.1. The van der Waals surface area contributed by atoms with Crippen LogP contribution in [0, 0.1) is 0 Å². The third kappa shape index (κ3) is 5.88. The van der Waals surface area contributed by atoms with Crippen molar-refractivity contribution in [3.8, 4) is 5.75 Å². The van der Waals surface area contributed by atoms with Gasteiger partial charge in [-0.25, -0.2) is 17.6 Å². The number of halogens is 4. The van der Waals surface area contributed by atoms with Gasteiger partial charge < -0.3 is 4.74 Å². The van der Waals surface area contributed by atoms with Gasteiger partial charge in [0.1, 0.15) is 17.1 Å². The Morgan fingerprint density at radius 3 is 2.30 bits per heavy atom. The van der Waals surface area contributed by atoms with Gasteiger partial charge in [0, 0.05) is 11.1 Å². The number of hydrogen-bond acceptors (Lipinski definition) is 3. The highest BCUT2D eigenvalue weighted by atomic mass is 19.3. The first-order valence-electron chi connectivity index (χ1n) is 10.3. The summed E-state index contributed by atoms with van der Waals surface area (Å²) in [6.45, 7) is 3.95. The van der Waals surface area contributed by atoms with E-state index in [0.717, 1.165) is 10.2 Å². The highest BCUT2D eigenvalue weighted by Crippen LogP contribution is 2.28. The van der Waals surface area contributed by atoms with Gasteiger partial charge in [-0.2, -0.15) is 5.10 Å². The summed E-state index contributed by atoms with van der Waals surface area (Å²) in [6.07, 6.45) is -2.90. The van der Waals surface area contributed by atoms with E-state index in [1.165, 1.54) is 13.2 Å². The first-order valence-corrected chi connectivity index (χ1v) is 10.3. The quantitative estimate of drug-likeness (QED) is 0.200. The van der Waals surface area contributed by atoms with Crippen molar-refractivity contribution in [2.45, 2.75) is 39.2 Å². The van der Waals surface area contributed by atoms with Crippen LogP contribution in [0.3, 0.4) is 0 Å². The van der Waals surface area contributed by atoms with E-state index in [2.05, 4.69) is 18.9 Å². The molecule has 0 radical (unpaired) electrons. The molecule has 1 heterocycles. The van der Waals surface area contributed by atoms with Crippen molar-refractivity contribution in [1.29, 1.82) is 0 Å². The standard InChI is InChI=1S/C25H24F4N2O2/c1-15(2)17-6-8-18(9-7-17)22(32)10-4-16-5-11-23(33-3)19(12-16)14-31-21(25(28)29)13-20(30-31)24(26)27/h4-13,15,24-25H,14H2,1-3H3/b10-4+. The lowest BCUT2D eigenvalue weighted by Crippen LogP contribution is -2.08. The number of ketones is 1. The maximum atomic E-state index is 13.3. The van der Waals surface area contributed by atoms with Crippen LogP contribution >= 0.6 is 0 Å². The van der Waals surface area contributed by atoms with Crippen molar-refractivity contribution in [2.75, 3.05) is 7.11 Å². The number of methoxy groups -OCH3 is 1. The van der Waals surface area contributed by atoms with Crippen molar-refractivity contribution >= 4 is 11.9 Å². The highest BCUT2D eigenvalue weighted by Gasteiger charge is 2.22. The van der Waals surface area contributed by atoms with Gasteiger partial charge in [0.2, 0.25) is 0 Å². The summed E-state index contributed by atoms with van der Waals surface area (Å²) in [5, 5.41) is 3.62. The van der Waals surface area contributed by atoms with Gasteiger partial charge in [-0.15, -0.1) is 0 Å². The number of ether oxygens (including phenoxy) is 1. The van der Waals surface area contributed by atoms with Gasteiger partial charge in [0.05, 0.1) is 13.7 Å². The van der Waals surface area contributed by atoms with Crippen LogP contribution in [0.4, 0.5) is 17.6 Å². The molecular formula is C25H24F4N2O2. The lowest BCUT2D eigenvalue weighted by Gasteiger charge is -2.12. The minimum atomic E-state index is -2.96. The number of alkyl halides is 4. The Morgan fingerprint density at radius 2 is 1.73 bits per heavy atom. The van der Waals surface area contributed by atoms with Gasteiger partial charge in [0.15, 0.2) is 5.78 Å². The molecule has 3 rings (SSSR count). The zero-order valence-electron chi connectivity index (χ0n) is 18.4. The van der Waals surface area contributed by atoms with E-state index in [4.69, 9.17) is 4.74 Å². The van der Waals surface area contributed by atoms with E-state index >= 15 is 0 Å². The van der Waals surface area contributed by atoms with Crippen LogP contribution in [0.2, 0.25) is 0 Å². The molecule has 0 aliphatic heterocycles. The van der Waals surface area contributed by atoms with E-state index in [1.54, 1.807) is 36.4 Å². The van der Waals surface area contributed by atoms with E-state index in [1.807, 2.05) is 12.1 Å². The van der Waals surface area contributed by atoms with Crippen LogP contribution in [0.15, 0.2) is 54.6 Å². The monoisotopic (exact) mass is 460 g/mol. The van der Waals surface area contributed by atoms with Crippen LogP contribution in [-0.4, -0.2) is 22.7 Å². The predicted molar refractivity (Wildman–Crippen MR) is 118 cm³/mol. The predicted octanol–water partition coefficient (Wildman–Crippen LogP) is 6.83. The average Bonchev–Trinajstić information content (AvgIpc) is 3.22. The molecule has 0 aliphatic carbocycles. The molecule has 0 spiro atoms. The molecule has 174 valence electrons. The Kier molecular flexibility index (Phi) is 7.68. The second-order valence-electron chi connectivity index (χ2n) is 7.80. The number of allylic oxidation sites excluding steroid dienone is 1. The molecule has 8 heteroatoms. The van der Waals surface area contributed by atoms with Crippen LogP contribution in [0.5, 0.6) is 5.75 Å². The van der Waals surface area contributed by atoms with Crippen molar-refractivity contribution < 1.29 is 27.1 Å². The third-order valence-electron chi connectivity index (χ3n) is 5.19. The Bertz CT molecular complexity index is 1140. The molecule has 0 aliphatic rings. The zero-order valence-corrected chi connectivity index (χ0v) is 18.4. The Morgan fingerprint density at radius 1 is 1.03 bits per heavy atom. The van der Waals surface area contributed by atoms with Crippen molar-refractivity contribution in [2.24, 2.45) is 0 Å². The number of carbonyl (C=O) groups excluding carboxylic acids is 1. The van der Waals surface area contributed by atoms with Gasteiger partial charge in [-0.3, -0.25) is 9.48 Å². The number of rotatable bonds is 9. The summed E-state index contributed by atoms with van der Waals surface area (Å²) < 4.78 is 58.7. The number of nitrogens with zero attached hydrogens (tertiary/aromatic N) is 2. The molecule has 0 N–H and O–H groups in total. The molecule has 33 heavy (non-hydrogen) atoms. The largest absolute Gasteiger partial charge is 0.496 e. The molecule has 0 unspecified atom stereocenters. The number of hydrogen-bond donors (Lipinski definition) is 0. The lowest BCUT2D eigenvalue weighted by atomic mass is 10.00. The third-order valence-corrected chi connectivity index (χ3v) is 5.19. The molecule has 0 atom stereocenters. The summed E-state index contributed by atoms with van der Waals surface area (Å²) in [4.78, 5) is 12.5. The fraction of sp³-hybridized carbons (Fsp3) is 0.280. The summed E-state index contributed by atoms with van der Waals surface area (Å²) in [5.74, 6) is 0.563. The van der Waals surface area contributed by atoms with E-state index in [-0.39, 0.29) is 12.3 Å². The van der Waals surface area contributed by atoms with Gasteiger partial charge in [0.25, 0.3) is 12.9 Å². The maximum Gasteiger partial charge on any atom is 0.282 e. The van der Waals surface area contributed by atoms with Crippen molar-refractivity contribution in [3.05, 3.63) is 88.2 Å². The van der Waals surface area contributed by atoms with E-state index in [9.17, 15) is 22.4 Å². The minimum absolute atomic E-state index is 0.184. The fourth-order valence-corrected chi connectivity index (χ4v) is 3.35. The van der Waals surface area contributed by atoms with Gasteiger partial charge in [-0.1, -0.05) is 50.3 Å². The second kappa shape index (κ2) is 10.5. The molecule has 0 amide bonds. The summed E-state index contributed by atoms with van der Waals surface area (Å²) >= 11 is 0. The smallest absolute Gasteiger partial charge is 0.282 e. The normalized spacial score (nSPS) is 11.8. The first-order chi connectivity index (χ1) is 15.7. The van der Waals surface area contributed by atoms with E-state index in [0.29, 0.717) is 34.4 Å². The molecule has 0 bridgehead atoms. The Hall–Kier alpha value is -3.42. The number of carbonyl (C=O) groups is 1. The summed E-state index contributed by atoms with van der Waals surface area (Å²) in [5.41, 5.74) is 1.44. The van der Waals surface area contributed by atoms with Crippen LogP contribution in [0.25, 0.3) is 6.08 Å². The lowest BCUT2D eigenvalue weighted by molar-refractivity contribution is 0.104. The maximum absolute atomic E-state index is 13.3. The molecule has 0 saturated carbocycles. The molecular weight excluding hydrogens is 436 g/mol. The fourth-order valence-electron chi connectivity index (χ4n) is 3.35. The molecule has 0 saturated heterocycles. The molecule has 2 aromatic carbocycles. The molecule has 1 aromatic heterocycles. The van der Waals surface area contributed by atoms with Crippen LogP contribution in [-0.2, 0) is 6.54 Å². The SMILES string of the molecule is COc1ccc(/C=C/C(=O)c2ccc(C(C)C)cc2)cc1Cn1nc(C(F)F)cc1C(F)F. The molecule has 0 fully saturated rings. The van der Waals surface area contributed by atoms with Gasteiger partial charge >= 0.3 is 0 Å². The van der Waals surface area contributed by atoms with Crippen molar-refractivity contribution in [1.82, 2.24) is 9.78 Å². The van der Waals surface area contributed by atoms with Crippen molar-refractivity contribution in [3.63, 3.8) is 0 Å². The topological polar surface area (TPSA) is 44.1 Å². The number of benzene rings is 2. The van der Waals surface area contributed by atoms with Gasteiger partial charge in [-0.05, 0) is 41.3 Å². The second-order valence-corrected chi connectivity index (χ2v) is 7.80. The minimum Gasteiger partial charge on any atom is -0.496 e. The Labute approximate surface area is 189 Å². The Balaban J connectivity index is 1.85. The summed E-state index contributed by atoms with van der Waals surface area (Å²) in [6, 6.07) is 13.0. The van der Waals surface area contributed by atoms with Crippen LogP contribution in [0.1, 0.15) is 71.1 Å². The van der Waals surface area contributed by atoms with Crippen LogP contribution < -0.4 is 4.74 Å². The first kappa shape index (κ1) is 24.2. The highest BCUT2D eigenvalue weighted by molar-refractivity contribution is 6.06. The molecule has 3 aromatic rings. The average molecular weight is 460 g/mol.